The molecule has 1 heterocycles. The van der Waals surface area contributed by atoms with Crippen LogP contribution in [0.5, 0.6) is 0 Å². The van der Waals surface area contributed by atoms with E-state index < -0.39 is 79.2 Å². The fourth-order valence-electron chi connectivity index (χ4n) is 2.84. The van der Waals surface area contributed by atoms with E-state index in [-0.39, 0.29) is 6.61 Å². The third-order valence-corrected chi connectivity index (χ3v) is 7.23. The highest BCUT2D eigenvalue weighted by atomic mass is 31.2. The van der Waals surface area contributed by atoms with Crippen LogP contribution >= 0.6 is 23.5 Å². The molecule has 21 nitrogen and oxygen atoms in total. The number of rotatable bonds is 15. The van der Waals surface area contributed by atoms with Crippen molar-refractivity contribution in [1.29, 1.82) is 0 Å². The molecule has 0 amide bonds. The second-order valence-electron chi connectivity index (χ2n) is 7.43. The molecule has 0 spiro atoms. The number of carbonyl (C=O) groups excluding carboxylic acids is 3. The summed E-state index contributed by atoms with van der Waals surface area (Å²) in [6.07, 6.45) is -13.9. The van der Waals surface area contributed by atoms with Crippen LogP contribution in [0.2, 0.25) is 0 Å². The van der Waals surface area contributed by atoms with Crippen LogP contribution in [-0.4, -0.2) is 106 Å². The average molecular weight is 664 g/mol. The molecular formula is C17H31O21P3. The van der Waals surface area contributed by atoms with Gasteiger partial charge >= 0.3 is 41.9 Å². The molecule has 3 unspecified atom stereocenters. The number of methoxy groups -OCH3 is 1. The Hall–Kier alpha value is -1.86. The van der Waals surface area contributed by atoms with Gasteiger partial charge in [-0.15, -0.1) is 0 Å². The van der Waals surface area contributed by atoms with Crippen molar-refractivity contribution in [3.63, 3.8) is 0 Å². The largest absolute Gasteiger partial charge is 0.531 e. The zero-order valence-corrected chi connectivity index (χ0v) is 24.9. The Bertz CT molecular complexity index is 1020. The van der Waals surface area contributed by atoms with Gasteiger partial charge in [-0.05, 0) is 6.42 Å². The van der Waals surface area contributed by atoms with Gasteiger partial charge in [0, 0.05) is 35.0 Å². The molecule has 1 saturated heterocycles. The molecule has 1 fully saturated rings. The second-order valence-corrected chi connectivity index (χ2v) is 11.9. The van der Waals surface area contributed by atoms with Gasteiger partial charge in [0.2, 0.25) is 0 Å². The van der Waals surface area contributed by atoms with Crippen LogP contribution in [0.1, 0.15) is 19.8 Å². The van der Waals surface area contributed by atoms with Crippen molar-refractivity contribution in [2.75, 3.05) is 41.7 Å². The van der Waals surface area contributed by atoms with Crippen molar-refractivity contribution in [3.05, 3.63) is 0 Å². The van der Waals surface area contributed by atoms with Gasteiger partial charge in [0.25, 0.3) is 0 Å². The van der Waals surface area contributed by atoms with Crippen LogP contribution in [0, 0.1) is 0 Å². The van der Waals surface area contributed by atoms with Gasteiger partial charge < -0.3 is 42.0 Å². The van der Waals surface area contributed by atoms with Gasteiger partial charge in [0.05, 0.1) is 6.61 Å². The molecule has 41 heavy (non-hydrogen) atoms. The van der Waals surface area contributed by atoms with Gasteiger partial charge in [0.15, 0.2) is 24.6 Å². The number of hydrogen-bond acceptors (Lipinski definition) is 18. The quantitative estimate of drug-likeness (QED) is 0.0976. The smallest absolute Gasteiger partial charge is 0.424 e. The van der Waals surface area contributed by atoms with Gasteiger partial charge in [-0.2, -0.15) is 0 Å². The number of carbonyl (C=O) groups is 3. The normalized spacial score (nSPS) is 26.8. The van der Waals surface area contributed by atoms with E-state index in [1.807, 2.05) is 6.92 Å². The topological polar surface area (TPSA) is 274 Å². The van der Waals surface area contributed by atoms with Gasteiger partial charge in [-0.1, -0.05) is 13.3 Å². The molecule has 0 saturated carbocycles. The van der Waals surface area contributed by atoms with E-state index in [9.17, 15) is 42.8 Å². The first-order valence-electron chi connectivity index (χ1n) is 11.2. The predicted octanol–water partition coefficient (Wildman–Crippen LogP) is 1.98. The summed E-state index contributed by atoms with van der Waals surface area (Å²) in [4.78, 5) is 65.3. The lowest BCUT2D eigenvalue weighted by molar-refractivity contribution is -0.297. The fraction of sp³-hybridized carbons (Fsp3) is 0.824. The van der Waals surface area contributed by atoms with Gasteiger partial charge in [-0.25, -0.2) is 28.1 Å². The molecule has 0 bridgehead atoms. The van der Waals surface area contributed by atoms with E-state index in [0.717, 1.165) is 21.3 Å². The standard InChI is InChI=1S/C17H31O21P3/c1-6-7-8-31-9-10-11(33-15(18)36-39(21,22)28-3)12(34-16(19)37-40(23,24)29-4)13(14(27-2)32-10)35-17(20)38-41(25,26)30-5/h10-14H,6-9H2,1-5H3,(H,21,22)(H,23,24)(H,25,26)/t10-,11-,12-,13+,14-/m1/s1. The minimum atomic E-state index is -5.02. The second kappa shape index (κ2) is 16.7. The van der Waals surface area contributed by atoms with E-state index in [1.165, 1.54) is 0 Å². The van der Waals surface area contributed by atoms with Crippen LogP contribution in [0.3, 0.4) is 0 Å². The minimum Gasteiger partial charge on any atom is -0.424 e. The molecule has 8 atom stereocenters. The Morgan fingerprint density at radius 1 is 0.707 bits per heavy atom. The number of phosphoric ester groups is 3. The highest BCUT2D eigenvalue weighted by molar-refractivity contribution is 7.48. The first-order chi connectivity index (χ1) is 19.0. The Morgan fingerprint density at radius 3 is 1.51 bits per heavy atom. The summed E-state index contributed by atoms with van der Waals surface area (Å²) in [6.45, 7) is 1.58. The van der Waals surface area contributed by atoms with E-state index in [0.29, 0.717) is 20.0 Å². The average Bonchev–Trinajstić information content (AvgIpc) is 2.88. The number of phosphoric acid groups is 3. The van der Waals surface area contributed by atoms with Gasteiger partial charge in [-0.3, -0.25) is 28.3 Å². The van der Waals surface area contributed by atoms with Crippen LogP contribution in [0.15, 0.2) is 0 Å². The number of hydrogen-bond donors (Lipinski definition) is 3. The van der Waals surface area contributed by atoms with E-state index in [1.54, 1.807) is 0 Å². The van der Waals surface area contributed by atoms with E-state index in [2.05, 4.69) is 27.1 Å². The van der Waals surface area contributed by atoms with Crippen molar-refractivity contribution in [3.8, 4) is 0 Å². The monoisotopic (exact) mass is 664 g/mol. The molecule has 240 valence electrons. The van der Waals surface area contributed by atoms with Crippen molar-refractivity contribution in [1.82, 2.24) is 0 Å². The van der Waals surface area contributed by atoms with Crippen molar-refractivity contribution < 1.29 is 98.3 Å². The number of unbranched alkanes of at least 4 members (excludes halogenated alkanes) is 1. The lowest BCUT2D eigenvalue weighted by Crippen LogP contribution is -2.62. The molecule has 0 aromatic rings. The summed E-state index contributed by atoms with van der Waals surface area (Å²) in [5, 5.41) is 0. The molecular weight excluding hydrogens is 633 g/mol. The predicted molar refractivity (Wildman–Crippen MR) is 126 cm³/mol. The lowest BCUT2D eigenvalue weighted by atomic mass is 9.98. The van der Waals surface area contributed by atoms with Crippen LogP contribution in [0.4, 0.5) is 14.4 Å². The van der Waals surface area contributed by atoms with Crippen LogP contribution in [0.25, 0.3) is 0 Å². The zero-order valence-electron chi connectivity index (χ0n) is 22.2. The Labute approximate surface area is 232 Å². The maximum absolute atomic E-state index is 12.4. The Balaban J connectivity index is 3.50. The zero-order chi connectivity index (χ0) is 31.4. The first kappa shape index (κ1) is 37.2. The van der Waals surface area contributed by atoms with Crippen molar-refractivity contribution in [2.45, 2.75) is 50.5 Å². The highest BCUT2D eigenvalue weighted by Crippen LogP contribution is 2.45. The third-order valence-electron chi connectivity index (χ3n) is 4.71. The maximum Gasteiger partial charge on any atom is 0.531 e. The van der Waals surface area contributed by atoms with Crippen LogP contribution in [-0.2, 0) is 69.3 Å². The highest BCUT2D eigenvalue weighted by Gasteiger charge is 2.54. The SMILES string of the molecule is CCCCOC[C@H]1O[C@@H](OC)[C@@H](OC(=O)OP(=O)(O)OC)[C@H](OC(=O)OP(=O)(O)OC)[C@@H]1OC(=O)OP(=O)(O)OC. The molecule has 1 aliphatic rings. The van der Waals surface area contributed by atoms with Crippen molar-refractivity contribution >= 4 is 41.9 Å². The molecule has 0 aromatic carbocycles. The molecule has 3 N–H and O–H groups in total. The molecule has 0 aromatic heterocycles. The summed E-state index contributed by atoms with van der Waals surface area (Å²) in [7, 11) is -11.8. The summed E-state index contributed by atoms with van der Waals surface area (Å²) in [6, 6.07) is 0. The summed E-state index contributed by atoms with van der Waals surface area (Å²) >= 11 is 0. The summed E-state index contributed by atoms with van der Waals surface area (Å²) in [5.41, 5.74) is 0. The molecule has 24 heteroatoms. The minimum absolute atomic E-state index is 0.158. The molecule has 0 radical (unpaired) electrons. The van der Waals surface area contributed by atoms with E-state index in [4.69, 9.17) is 28.4 Å². The third kappa shape index (κ3) is 12.9. The van der Waals surface area contributed by atoms with Crippen molar-refractivity contribution in [2.24, 2.45) is 0 Å². The first-order valence-corrected chi connectivity index (χ1v) is 15.6. The summed E-state index contributed by atoms with van der Waals surface area (Å²) in [5.74, 6) is 0. The molecule has 0 aliphatic carbocycles. The van der Waals surface area contributed by atoms with Gasteiger partial charge in [0.1, 0.15) is 6.10 Å². The molecule has 1 rings (SSSR count). The summed E-state index contributed by atoms with van der Waals surface area (Å²) < 4.78 is 90.9. The maximum atomic E-state index is 12.4. The fourth-order valence-corrected chi connectivity index (χ4v) is 3.76. The lowest BCUT2D eigenvalue weighted by Gasteiger charge is -2.43. The van der Waals surface area contributed by atoms with Crippen LogP contribution < -0.4 is 0 Å². The number of ether oxygens (including phenoxy) is 6. The van der Waals surface area contributed by atoms with E-state index >= 15 is 0 Å². The Kier molecular flexibility index (Phi) is 15.1. The molecule has 1 aliphatic heterocycles. The Morgan fingerprint density at radius 2 is 1.12 bits per heavy atom.